The van der Waals surface area contributed by atoms with E-state index in [1.165, 1.54) is 0 Å². The van der Waals surface area contributed by atoms with E-state index in [0.717, 1.165) is 11.1 Å². The maximum Gasteiger partial charge on any atom is 0.174 e. The van der Waals surface area contributed by atoms with Crippen LogP contribution in [0.15, 0.2) is 24.8 Å². The predicted molar refractivity (Wildman–Crippen MR) is 89.1 cm³/mol. The van der Waals surface area contributed by atoms with Gasteiger partial charge in [0.25, 0.3) is 0 Å². The molecule has 2 aliphatic heterocycles. The number of hydrogen-bond acceptors (Lipinski definition) is 5. The molecule has 6 heteroatoms. The normalized spacial score (nSPS) is 43.4. The predicted octanol–water partition coefficient (Wildman–Crippen LogP) is 1.31. The summed E-state index contributed by atoms with van der Waals surface area (Å²) >= 11 is 0. The van der Waals surface area contributed by atoms with Crippen LogP contribution in [0.3, 0.4) is 0 Å². The topological polar surface area (TPSA) is 89.8 Å². The van der Waals surface area contributed by atoms with E-state index in [4.69, 9.17) is 4.74 Å². The lowest BCUT2D eigenvalue weighted by Crippen LogP contribution is -2.80. The van der Waals surface area contributed by atoms with Crippen molar-refractivity contribution in [1.82, 2.24) is 0 Å². The number of ketones is 1. The molecule has 132 valence electrons. The minimum absolute atomic E-state index is 0.00401. The van der Waals surface area contributed by atoms with E-state index in [1.54, 1.807) is 18.2 Å². The summed E-state index contributed by atoms with van der Waals surface area (Å²) in [4.78, 5) is 12.6. The van der Waals surface area contributed by atoms with Crippen molar-refractivity contribution in [2.75, 3.05) is 13.1 Å². The molecule has 1 aromatic rings. The highest BCUT2D eigenvalue weighted by Crippen LogP contribution is 2.65. The summed E-state index contributed by atoms with van der Waals surface area (Å²) in [5, 5.41) is 35.6. The SMILES string of the molecule is C=CC[N+]1([O-])CC[C@]23c4c5ccc(O)c4O[C@H]2C(=O)CC[C@@]3(O)[C@H]1C5. The Balaban J connectivity index is 1.82. The Kier molecular flexibility index (Phi) is 2.73. The molecule has 5 atom stereocenters. The number of carbonyl (C=O) groups excluding carboxylic acids is 1. The number of rotatable bonds is 2. The molecule has 2 fully saturated rings. The van der Waals surface area contributed by atoms with Gasteiger partial charge in [0.15, 0.2) is 23.4 Å². The first kappa shape index (κ1) is 15.4. The number of aromatic hydroxyl groups is 1. The number of piperidine rings is 1. The highest BCUT2D eigenvalue weighted by molar-refractivity contribution is 5.90. The van der Waals surface area contributed by atoms with Crippen molar-refractivity contribution in [3.05, 3.63) is 41.1 Å². The number of phenolic OH excluding ortho intramolecular Hbond substituents is 1. The molecule has 2 bridgehead atoms. The fourth-order valence-corrected chi connectivity index (χ4v) is 6.02. The third-order valence-corrected chi connectivity index (χ3v) is 7.03. The molecule has 5 rings (SSSR count). The largest absolute Gasteiger partial charge is 0.632 e. The molecule has 1 unspecified atom stereocenters. The number of quaternary nitrogens is 1. The molecule has 0 radical (unpaired) electrons. The smallest absolute Gasteiger partial charge is 0.174 e. The number of benzene rings is 1. The molecule has 25 heavy (non-hydrogen) atoms. The van der Waals surface area contributed by atoms with Gasteiger partial charge in [-0.3, -0.25) is 4.79 Å². The molecule has 2 heterocycles. The Morgan fingerprint density at radius 2 is 2.24 bits per heavy atom. The van der Waals surface area contributed by atoms with E-state index < -0.39 is 27.8 Å². The minimum atomic E-state index is -1.30. The molecule has 0 amide bonds. The van der Waals surface area contributed by atoms with Gasteiger partial charge in [0.05, 0.1) is 18.5 Å². The van der Waals surface area contributed by atoms with Gasteiger partial charge in [-0.15, -0.1) is 0 Å². The van der Waals surface area contributed by atoms with Gasteiger partial charge in [0.1, 0.15) is 11.6 Å². The van der Waals surface area contributed by atoms with Crippen molar-refractivity contribution in [3.8, 4) is 11.5 Å². The molecule has 4 aliphatic rings. The number of phenols is 1. The second-order valence-electron chi connectivity index (χ2n) is 7.92. The summed E-state index contributed by atoms with van der Waals surface area (Å²) in [7, 11) is 0. The number of aliphatic hydroxyl groups is 1. The van der Waals surface area contributed by atoms with E-state index in [9.17, 15) is 20.2 Å². The lowest BCUT2D eigenvalue weighted by molar-refractivity contribution is -0.917. The first-order chi connectivity index (χ1) is 11.9. The van der Waals surface area contributed by atoms with Crippen molar-refractivity contribution >= 4 is 5.78 Å². The van der Waals surface area contributed by atoms with E-state index in [-0.39, 0.29) is 30.9 Å². The van der Waals surface area contributed by atoms with Crippen molar-refractivity contribution in [2.45, 2.75) is 48.8 Å². The number of nitrogens with zero attached hydrogens (tertiary/aromatic N) is 1. The van der Waals surface area contributed by atoms with Gasteiger partial charge in [-0.25, -0.2) is 0 Å². The highest BCUT2D eigenvalue weighted by Gasteiger charge is 2.75. The van der Waals surface area contributed by atoms with Gasteiger partial charge in [-0.1, -0.05) is 12.6 Å². The third kappa shape index (κ3) is 1.50. The fourth-order valence-electron chi connectivity index (χ4n) is 6.02. The average Bonchev–Trinajstić information content (AvgIpc) is 2.93. The molecule has 1 saturated carbocycles. The standard InChI is InChI=1S/C19H21NO5/c1-2-8-20(24)9-7-18-15-11-3-4-12(21)16(15)25-17(18)13(22)5-6-19(18,23)14(20)10-11/h2-4,14,17,21,23H,1,5-10H2/t14-,17+,18+,19-,20?/m1/s1. The molecule has 6 nitrogen and oxygen atoms in total. The molecule has 2 N–H and O–H groups in total. The molecular formula is C19H21NO5. The molecule has 0 aromatic heterocycles. The van der Waals surface area contributed by atoms with Gasteiger partial charge in [-0.2, -0.15) is 0 Å². The zero-order valence-electron chi connectivity index (χ0n) is 13.9. The average molecular weight is 343 g/mol. The van der Waals surface area contributed by atoms with Crippen LogP contribution in [0.25, 0.3) is 0 Å². The van der Waals surface area contributed by atoms with Crippen LogP contribution in [-0.4, -0.2) is 51.5 Å². The minimum Gasteiger partial charge on any atom is -0.632 e. The summed E-state index contributed by atoms with van der Waals surface area (Å²) in [5.74, 6) is 0.265. The quantitative estimate of drug-likeness (QED) is 0.480. The zero-order valence-corrected chi connectivity index (χ0v) is 13.9. The van der Waals surface area contributed by atoms with Crippen LogP contribution in [0, 0.1) is 5.21 Å². The van der Waals surface area contributed by atoms with Gasteiger partial charge < -0.3 is 24.8 Å². The van der Waals surface area contributed by atoms with Crippen LogP contribution in [0.1, 0.15) is 30.4 Å². The number of carbonyl (C=O) groups is 1. The number of hydrogen-bond donors (Lipinski definition) is 2. The van der Waals surface area contributed by atoms with Crippen LogP contribution < -0.4 is 4.74 Å². The van der Waals surface area contributed by atoms with Gasteiger partial charge in [0.2, 0.25) is 0 Å². The summed E-state index contributed by atoms with van der Waals surface area (Å²) in [6, 6.07) is 2.80. The van der Waals surface area contributed by atoms with E-state index in [1.807, 2.05) is 0 Å². The Morgan fingerprint density at radius 3 is 3.00 bits per heavy atom. The second-order valence-corrected chi connectivity index (χ2v) is 7.92. The third-order valence-electron chi connectivity index (χ3n) is 7.03. The zero-order chi connectivity index (χ0) is 17.6. The summed E-state index contributed by atoms with van der Waals surface area (Å²) < 4.78 is 5.41. The Hall–Kier alpha value is -1.89. The van der Waals surface area contributed by atoms with Crippen LogP contribution in [0.4, 0.5) is 0 Å². The van der Waals surface area contributed by atoms with E-state index >= 15 is 0 Å². The molecular weight excluding hydrogens is 322 g/mol. The Labute approximate surface area is 145 Å². The Morgan fingerprint density at radius 1 is 1.44 bits per heavy atom. The molecule has 1 saturated heterocycles. The van der Waals surface area contributed by atoms with Crippen molar-refractivity contribution in [1.29, 1.82) is 0 Å². The van der Waals surface area contributed by atoms with Crippen LogP contribution >= 0.6 is 0 Å². The maximum absolute atomic E-state index is 13.5. The monoisotopic (exact) mass is 343 g/mol. The second kappa shape index (κ2) is 4.44. The summed E-state index contributed by atoms with van der Waals surface area (Å²) in [6.07, 6.45) is 2.05. The summed E-state index contributed by atoms with van der Waals surface area (Å²) in [6.45, 7) is 4.26. The lowest BCUT2D eigenvalue weighted by atomic mass is 9.49. The maximum atomic E-state index is 13.5. The van der Waals surface area contributed by atoms with Gasteiger partial charge in [0, 0.05) is 24.8 Å². The highest BCUT2D eigenvalue weighted by atomic mass is 16.6. The van der Waals surface area contributed by atoms with Crippen molar-refractivity contribution in [3.63, 3.8) is 0 Å². The van der Waals surface area contributed by atoms with E-state index in [0.29, 0.717) is 25.1 Å². The molecule has 1 spiro atoms. The van der Waals surface area contributed by atoms with Crippen LogP contribution in [0.2, 0.25) is 0 Å². The Bertz CT molecular complexity index is 822. The number of ether oxygens (including phenoxy) is 1. The summed E-state index contributed by atoms with van der Waals surface area (Å²) in [5.41, 5.74) is -0.557. The van der Waals surface area contributed by atoms with Crippen molar-refractivity contribution < 1.29 is 24.4 Å². The molecule has 2 aliphatic carbocycles. The number of likely N-dealkylation sites (tertiary alicyclic amines) is 1. The fraction of sp³-hybridized carbons (Fsp3) is 0.526. The first-order valence-electron chi connectivity index (χ1n) is 8.83. The van der Waals surface area contributed by atoms with E-state index in [2.05, 4.69) is 6.58 Å². The van der Waals surface area contributed by atoms with Gasteiger partial charge in [-0.05, 0) is 24.1 Å². The number of Topliss-reactive ketones (excluding diaryl/α,β-unsaturated/α-hetero) is 1. The molecule has 1 aromatic carbocycles. The number of hydroxylamine groups is 3. The van der Waals surface area contributed by atoms with Crippen molar-refractivity contribution in [2.24, 2.45) is 0 Å². The van der Waals surface area contributed by atoms with Crippen LogP contribution in [-0.2, 0) is 16.6 Å². The van der Waals surface area contributed by atoms with Crippen LogP contribution in [0.5, 0.6) is 11.5 Å². The van der Waals surface area contributed by atoms with Gasteiger partial charge >= 0.3 is 0 Å². The first-order valence-corrected chi connectivity index (χ1v) is 8.83. The lowest BCUT2D eigenvalue weighted by Gasteiger charge is -2.66.